The molecule has 120 valence electrons. The second-order valence-corrected chi connectivity index (χ2v) is 6.01. The minimum absolute atomic E-state index is 0.0526. The molecule has 1 amide bonds. The second kappa shape index (κ2) is 6.50. The molecule has 0 spiro atoms. The molecule has 0 N–H and O–H groups in total. The Bertz CT molecular complexity index is 707. The third kappa shape index (κ3) is 3.27. The summed E-state index contributed by atoms with van der Waals surface area (Å²) >= 11 is 6.04. The lowest BCUT2D eigenvalue weighted by Crippen LogP contribution is -2.38. The average Bonchev–Trinajstić information content (AvgIpc) is 2.98. The van der Waals surface area contributed by atoms with Crippen LogP contribution in [0.25, 0.3) is 0 Å². The van der Waals surface area contributed by atoms with Crippen LogP contribution in [-0.4, -0.2) is 31.1 Å². The topological polar surface area (TPSA) is 38.8 Å². The molecule has 0 bridgehead atoms. The molecule has 23 heavy (non-hydrogen) atoms. The highest BCUT2D eigenvalue weighted by Gasteiger charge is 2.31. The summed E-state index contributed by atoms with van der Waals surface area (Å²) in [4.78, 5) is 14.3. The number of amides is 1. The Morgan fingerprint density at radius 2 is 2.13 bits per heavy atom. The molecule has 0 saturated heterocycles. The summed E-state index contributed by atoms with van der Waals surface area (Å²) in [6, 6.07) is 13.1. The van der Waals surface area contributed by atoms with E-state index in [1.54, 1.807) is 31.2 Å². The highest BCUT2D eigenvalue weighted by molar-refractivity contribution is 6.30. The van der Waals surface area contributed by atoms with Gasteiger partial charge in [-0.1, -0.05) is 29.8 Å². The summed E-state index contributed by atoms with van der Waals surface area (Å²) in [6.07, 6.45) is 0.133. The van der Waals surface area contributed by atoms with Crippen LogP contribution in [-0.2, 0) is 17.8 Å². The molecule has 0 radical (unpaired) electrons. The van der Waals surface area contributed by atoms with Crippen LogP contribution in [0.2, 0.25) is 5.02 Å². The van der Waals surface area contributed by atoms with Gasteiger partial charge in [0.05, 0.1) is 7.11 Å². The lowest BCUT2D eigenvalue weighted by molar-refractivity contribution is -0.137. The highest BCUT2D eigenvalue weighted by Crippen LogP contribution is 2.29. The third-order valence-electron chi connectivity index (χ3n) is 3.95. The van der Waals surface area contributed by atoms with Crippen LogP contribution < -0.4 is 9.47 Å². The van der Waals surface area contributed by atoms with E-state index in [0.717, 1.165) is 16.9 Å². The molecule has 1 heterocycles. The Hall–Kier alpha value is -2.20. The number of fused-ring (bicyclic) bond motifs is 1. The molecule has 2 aromatic carbocycles. The van der Waals surface area contributed by atoms with E-state index < -0.39 is 6.10 Å². The zero-order chi connectivity index (χ0) is 16.4. The van der Waals surface area contributed by atoms with Crippen molar-refractivity contribution < 1.29 is 14.3 Å². The largest absolute Gasteiger partial charge is 0.496 e. The van der Waals surface area contributed by atoms with Crippen LogP contribution >= 0.6 is 11.6 Å². The van der Waals surface area contributed by atoms with E-state index in [0.29, 0.717) is 23.7 Å². The number of methoxy groups -OCH3 is 1. The molecule has 0 saturated carbocycles. The Balaban J connectivity index is 1.71. The molecule has 4 nitrogen and oxygen atoms in total. The van der Waals surface area contributed by atoms with Gasteiger partial charge in [0.1, 0.15) is 11.5 Å². The lowest BCUT2D eigenvalue weighted by atomic mass is 10.1. The number of ether oxygens (including phenoxy) is 2. The first-order valence-electron chi connectivity index (χ1n) is 7.40. The van der Waals surface area contributed by atoms with Gasteiger partial charge in [-0.2, -0.15) is 0 Å². The third-order valence-corrected chi connectivity index (χ3v) is 4.18. The highest BCUT2D eigenvalue weighted by atomic mass is 35.5. The van der Waals surface area contributed by atoms with Gasteiger partial charge in [-0.25, -0.2) is 0 Å². The number of rotatable bonds is 4. The van der Waals surface area contributed by atoms with E-state index >= 15 is 0 Å². The van der Waals surface area contributed by atoms with Crippen LogP contribution in [0.5, 0.6) is 11.5 Å². The molecule has 0 aliphatic carbocycles. The average molecular weight is 332 g/mol. The monoisotopic (exact) mass is 331 g/mol. The van der Waals surface area contributed by atoms with Crippen molar-refractivity contribution in [3.63, 3.8) is 0 Å². The molecular weight excluding hydrogens is 314 g/mol. The molecule has 0 unspecified atom stereocenters. The summed E-state index contributed by atoms with van der Waals surface area (Å²) in [5.74, 6) is 1.45. The first kappa shape index (κ1) is 15.7. The number of hydrogen-bond acceptors (Lipinski definition) is 3. The van der Waals surface area contributed by atoms with Crippen molar-refractivity contribution in [1.82, 2.24) is 4.90 Å². The van der Waals surface area contributed by atoms with Crippen molar-refractivity contribution in [2.24, 2.45) is 0 Å². The molecule has 0 aromatic heterocycles. The summed E-state index contributed by atoms with van der Waals surface area (Å²) in [5.41, 5.74) is 1.94. The first-order valence-corrected chi connectivity index (χ1v) is 7.78. The first-order chi connectivity index (χ1) is 11.1. The molecule has 1 aliphatic heterocycles. The maximum Gasteiger partial charge on any atom is 0.264 e. The van der Waals surface area contributed by atoms with Crippen molar-refractivity contribution in [3.8, 4) is 11.5 Å². The van der Waals surface area contributed by atoms with E-state index in [4.69, 9.17) is 21.1 Å². The quantitative estimate of drug-likeness (QED) is 0.862. The smallest absolute Gasteiger partial charge is 0.264 e. The normalized spacial score (nSPS) is 15.7. The minimum Gasteiger partial charge on any atom is -0.496 e. The number of hydrogen-bond donors (Lipinski definition) is 0. The van der Waals surface area contributed by atoms with Crippen molar-refractivity contribution in [1.29, 1.82) is 0 Å². The summed E-state index contributed by atoms with van der Waals surface area (Å²) < 4.78 is 11.1. The second-order valence-electron chi connectivity index (χ2n) is 5.57. The minimum atomic E-state index is -0.470. The zero-order valence-corrected chi connectivity index (χ0v) is 13.8. The van der Waals surface area contributed by atoms with Crippen LogP contribution in [0.4, 0.5) is 0 Å². The van der Waals surface area contributed by atoms with Gasteiger partial charge in [0, 0.05) is 30.6 Å². The van der Waals surface area contributed by atoms with Gasteiger partial charge in [0.15, 0.2) is 6.10 Å². The Morgan fingerprint density at radius 3 is 2.87 bits per heavy atom. The summed E-state index contributed by atoms with van der Waals surface area (Å²) in [5, 5.41) is 0.617. The van der Waals surface area contributed by atoms with Crippen LogP contribution in [0.3, 0.4) is 0 Å². The van der Waals surface area contributed by atoms with Crippen molar-refractivity contribution in [3.05, 3.63) is 58.6 Å². The van der Waals surface area contributed by atoms with Crippen LogP contribution in [0.15, 0.2) is 42.5 Å². The fourth-order valence-corrected chi connectivity index (χ4v) is 2.96. The van der Waals surface area contributed by atoms with Crippen LogP contribution in [0.1, 0.15) is 11.1 Å². The number of carbonyl (C=O) groups excluding carboxylic acids is 1. The number of halogens is 1. The number of nitrogens with zero attached hydrogens (tertiary/aromatic N) is 1. The predicted molar refractivity (Wildman–Crippen MR) is 89.0 cm³/mol. The van der Waals surface area contributed by atoms with Gasteiger partial charge in [0.2, 0.25) is 0 Å². The van der Waals surface area contributed by atoms with E-state index in [1.807, 2.05) is 30.3 Å². The molecule has 1 atom stereocenters. The van der Waals surface area contributed by atoms with Gasteiger partial charge in [0.25, 0.3) is 5.91 Å². The maximum atomic E-state index is 12.6. The van der Waals surface area contributed by atoms with Gasteiger partial charge in [-0.3, -0.25) is 4.79 Å². The van der Waals surface area contributed by atoms with Crippen molar-refractivity contribution in [2.45, 2.75) is 19.1 Å². The lowest BCUT2D eigenvalue weighted by Gasteiger charge is -2.22. The maximum absolute atomic E-state index is 12.6. The summed E-state index contributed by atoms with van der Waals surface area (Å²) in [7, 11) is 3.36. The van der Waals surface area contributed by atoms with Crippen molar-refractivity contribution >= 4 is 17.5 Å². The fraction of sp³-hybridized carbons (Fsp3) is 0.278. The molecule has 1 aliphatic rings. The number of likely N-dealkylation sites (N-methyl/N-ethyl adjacent to an activating group) is 1. The zero-order valence-electron chi connectivity index (χ0n) is 13.1. The van der Waals surface area contributed by atoms with Crippen molar-refractivity contribution in [2.75, 3.05) is 14.2 Å². The number of benzene rings is 2. The van der Waals surface area contributed by atoms with Gasteiger partial charge in [-0.15, -0.1) is 0 Å². The van der Waals surface area contributed by atoms with Gasteiger partial charge >= 0.3 is 0 Å². The molecule has 5 heteroatoms. The fourth-order valence-electron chi connectivity index (χ4n) is 2.77. The van der Waals surface area contributed by atoms with E-state index in [1.165, 1.54) is 0 Å². The number of carbonyl (C=O) groups is 1. The number of para-hydroxylation sites is 1. The Kier molecular flexibility index (Phi) is 4.44. The van der Waals surface area contributed by atoms with E-state index in [9.17, 15) is 4.79 Å². The molecular formula is C18H18ClNO3. The summed E-state index contributed by atoms with van der Waals surface area (Å²) in [6.45, 7) is 0.415. The molecule has 0 fully saturated rings. The predicted octanol–water partition coefficient (Wildman–Crippen LogP) is 3.31. The Labute approximate surface area is 140 Å². The Morgan fingerprint density at radius 1 is 1.35 bits per heavy atom. The van der Waals surface area contributed by atoms with E-state index in [-0.39, 0.29) is 5.91 Å². The van der Waals surface area contributed by atoms with E-state index in [2.05, 4.69) is 0 Å². The van der Waals surface area contributed by atoms with Gasteiger partial charge < -0.3 is 14.4 Å². The molecule has 2 aromatic rings. The molecule has 3 rings (SSSR count). The van der Waals surface area contributed by atoms with Gasteiger partial charge in [-0.05, 0) is 29.8 Å². The standard InChI is InChI=1S/C18H18ClNO3/c1-20(11-13-9-14(19)7-8-15(13)22-2)18(21)17-10-12-5-3-4-6-16(12)23-17/h3-9,17H,10-11H2,1-2H3/t17-/m0/s1. The van der Waals surface area contributed by atoms with Crippen LogP contribution in [0, 0.1) is 0 Å². The SMILES string of the molecule is COc1ccc(Cl)cc1CN(C)C(=O)[C@@H]1Cc2ccccc2O1.